The van der Waals surface area contributed by atoms with Gasteiger partial charge in [0.1, 0.15) is 10.8 Å². The maximum absolute atomic E-state index is 13.9. The van der Waals surface area contributed by atoms with Crippen LogP contribution in [-0.4, -0.2) is 41.5 Å². The van der Waals surface area contributed by atoms with E-state index in [9.17, 15) is 18.8 Å². The van der Waals surface area contributed by atoms with Gasteiger partial charge in [-0.2, -0.15) is 9.78 Å². The molecule has 0 fully saturated rings. The number of ether oxygens (including phenoxy) is 3. The monoisotopic (exact) mass is 525 g/mol. The van der Waals surface area contributed by atoms with Crippen molar-refractivity contribution in [2.24, 2.45) is 0 Å². The summed E-state index contributed by atoms with van der Waals surface area (Å²) < 4.78 is 31.1. The lowest BCUT2D eigenvalue weighted by Gasteiger charge is -2.12. The van der Waals surface area contributed by atoms with Crippen molar-refractivity contribution in [1.82, 2.24) is 9.78 Å². The first-order valence-corrected chi connectivity index (χ1v) is 12.4. The molecule has 1 amide bonds. The van der Waals surface area contributed by atoms with Crippen LogP contribution in [0.2, 0.25) is 0 Å². The van der Waals surface area contributed by atoms with Gasteiger partial charge in [-0.15, -0.1) is 11.3 Å². The zero-order valence-electron chi connectivity index (χ0n) is 20.4. The third-order valence-electron chi connectivity index (χ3n) is 5.21. The minimum Gasteiger partial charge on any atom is -0.490 e. The van der Waals surface area contributed by atoms with Gasteiger partial charge in [0.05, 0.1) is 30.9 Å². The Labute approximate surface area is 215 Å². The molecule has 1 N–H and O–H groups in total. The number of carbonyl (C=O) groups is 2. The Morgan fingerprint density at radius 3 is 2.49 bits per heavy atom. The van der Waals surface area contributed by atoms with Crippen LogP contribution < -0.4 is 20.3 Å². The highest BCUT2D eigenvalue weighted by molar-refractivity contribution is 7.16. The number of fused-ring (bicyclic) bond motifs is 1. The summed E-state index contributed by atoms with van der Waals surface area (Å²) in [6, 6.07) is 10.0. The molecule has 0 aliphatic carbocycles. The van der Waals surface area contributed by atoms with Gasteiger partial charge in [-0.3, -0.25) is 9.59 Å². The molecule has 0 saturated heterocycles. The number of carbonyl (C=O) groups excluding carboxylic acids is 2. The lowest BCUT2D eigenvalue weighted by Crippen LogP contribution is -2.25. The molecule has 11 heteroatoms. The predicted octanol–water partition coefficient (Wildman–Crippen LogP) is 4.81. The number of anilines is 1. The molecular formula is C26H24FN3O6S. The fourth-order valence-electron chi connectivity index (χ4n) is 3.64. The molecule has 2 aromatic heterocycles. The number of benzene rings is 2. The minimum absolute atomic E-state index is 0.0524. The summed E-state index contributed by atoms with van der Waals surface area (Å²) in [4.78, 5) is 39.3. The number of rotatable bonds is 9. The average molecular weight is 526 g/mol. The van der Waals surface area contributed by atoms with Gasteiger partial charge in [0.2, 0.25) is 0 Å². The van der Waals surface area contributed by atoms with Gasteiger partial charge >= 0.3 is 5.97 Å². The number of aromatic nitrogens is 2. The Balaban J connectivity index is 1.81. The van der Waals surface area contributed by atoms with Crippen molar-refractivity contribution in [3.05, 3.63) is 75.3 Å². The first-order valence-electron chi connectivity index (χ1n) is 11.6. The molecule has 0 spiro atoms. The lowest BCUT2D eigenvalue weighted by molar-refractivity contribution is 0.0520. The summed E-state index contributed by atoms with van der Waals surface area (Å²) in [5.41, 5.74) is -0.364. The third kappa shape index (κ3) is 5.31. The summed E-state index contributed by atoms with van der Waals surface area (Å²) in [6.07, 6.45) is 0. The van der Waals surface area contributed by atoms with E-state index in [1.165, 1.54) is 18.2 Å². The molecule has 192 valence electrons. The second-order valence-corrected chi connectivity index (χ2v) is 8.48. The first-order chi connectivity index (χ1) is 17.9. The van der Waals surface area contributed by atoms with Crippen LogP contribution in [0.25, 0.3) is 16.5 Å². The molecule has 0 atom stereocenters. The molecule has 0 aliphatic rings. The molecule has 9 nitrogen and oxygen atoms in total. The minimum atomic E-state index is -0.749. The van der Waals surface area contributed by atoms with Crippen molar-refractivity contribution >= 4 is 39.0 Å². The fourth-order valence-corrected chi connectivity index (χ4v) is 4.57. The van der Waals surface area contributed by atoms with Gasteiger partial charge in [-0.25, -0.2) is 9.18 Å². The van der Waals surface area contributed by atoms with E-state index in [1.54, 1.807) is 30.5 Å². The standard InChI is InChI=1S/C26H24FN3O6S/c1-4-34-19-11-10-15(12-20(19)35-5-2)23(31)28-24-21-18(14-37-24)22(26(33)36-6-3)29-30(25(21)32)17-9-7-8-16(27)13-17/h7-14H,4-6H2,1-3H3,(H,28,31). The first kappa shape index (κ1) is 25.8. The molecule has 4 rings (SSSR count). The van der Waals surface area contributed by atoms with Crippen LogP contribution >= 0.6 is 11.3 Å². The molecule has 0 aliphatic heterocycles. The van der Waals surface area contributed by atoms with E-state index in [-0.39, 0.29) is 39.3 Å². The molecule has 37 heavy (non-hydrogen) atoms. The molecule has 2 heterocycles. The van der Waals surface area contributed by atoms with Gasteiger partial charge in [-0.1, -0.05) is 6.07 Å². The van der Waals surface area contributed by atoms with Gasteiger partial charge < -0.3 is 19.5 Å². The van der Waals surface area contributed by atoms with Crippen LogP contribution in [0.3, 0.4) is 0 Å². The van der Waals surface area contributed by atoms with Gasteiger partial charge in [0.15, 0.2) is 17.2 Å². The van der Waals surface area contributed by atoms with E-state index in [1.807, 2.05) is 13.8 Å². The number of nitrogens with zero attached hydrogens (tertiary/aromatic N) is 2. The molecule has 0 radical (unpaired) electrons. The smallest absolute Gasteiger partial charge is 0.359 e. The fraction of sp³-hybridized carbons (Fsp3) is 0.231. The Hall–Kier alpha value is -4.25. The second-order valence-electron chi connectivity index (χ2n) is 7.60. The molecule has 0 unspecified atom stereocenters. The lowest BCUT2D eigenvalue weighted by atomic mass is 10.1. The van der Waals surface area contributed by atoms with Crippen molar-refractivity contribution in [2.75, 3.05) is 25.1 Å². The number of esters is 1. The zero-order valence-corrected chi connectivity index (χ0v) is 21.2. The normalized spacial score (nSPS) is 10.8. The van der Waals surface area contributed by atoms with E-state index in [0.717, 1.165) is 22.1 Å². The van der Waals surface area contributed by atoms with Crippen molar-refractivity contribution in [3.63, 3.8) is 0 Å². The number of thiophene rings is 1. The van der Waals surface area contributed by atoms with E-state index in [2.05, 4.69) is 10.4 Å². The second kappa shape index (κ2) is 11.2. The molecule has 2 aromatic carbocycles. The van der Waals surface area contributed by atoms with E-state index < -0.39 is 23.3 Å². The van der Waals surface area contributed by atoms with Crippen molar-refractivity contribution in [3.8, 4) is 17.2 Å². The highest BCUT2D eigenvalue weighted by atomic mass is 32.1. The topological polar surface area (TPSA) is 109 Å². The van der Waals surface area contributed by atoms with E-state index in [0.29, 0.717) is 24.7 Å². The number of halogens is 1. The van der Waals surface area contributed by atoms with Crippen molar-refractivity contribution < 1.29 is 28.2 Å². The van der Waals surface area contributed by atoms with Crippen molar-refractivity contribution in [1.29, 1.82) is 0 Å². The molecule has 0 bridgehead atoms. The van der Waals surface area contributed by atoms with E-state index in [4.69, 9.17) is 14.2 Å². The third-order valence-corrected chi connectivity index (χ3v) is 6.10. The number of amides is 1. The molecular weight excluding hydrogens is 501 g/mol. The Kier molecular flexibility index (Phi) is 7.83. The molecule has 4 aromatic rings. The number of hydrogen-bond acceptors (Lipinski definition) is 8. The van der Waals surface area contributed by atoms with Crippen LogP contribution in [0.1, 0.15) is 41.6 Å². The maximum atomic E-state index is 13.9. The van der Waals surface area contributed by atoms with Crippen LogP contribution in [0, 0.1) is 5.82 Å². The van der Waals surface area contributed by atoms with Crippen molar-refractivity contribution in [2.45, 2.75) is 20.8 Å². The highest BCUT2D eigenvalue weighted by Gasteiger charge is 2.24. The maximum Gasteiger partial charge on any atom is 0.359 e. The number of nitrogens with one attached hydrogen (secondary N) is 1. The summed E-state index contributed by atoms with van der Waals surface area (Å²) in [7, 11) is 0. The van der Waals surface area contributed by atoms with Crippen LogP contribution in [0.4, 0.5) is 9.39 Å². The van der Waals surface area contributed by atoms with Gasteiger partial charge in [-0.05, 0) is 57.2 Å². The number of hydrogen-bond donors (Lipinski definition) is 1. The van der Waals surface area contributed by atoms with Crippen LogP contribution in [0.15, 0.2) is 52.6 Å². The summed E-state index contributed by atoms with van der Waals surface area (Å²) in [5.74, 6) is -0.913. The average Bonchev–Trinajstić information content (AvgIpc) is 3.29. The summed E-state index contributed by atoms with van der Waals surface area (Å²) >= 11 is 1.06. The molecule has 0 saturated carbocycles. The summed E-state index contributed by atoms with van der Waals surface area (Å²) in [5, 5.41) is 8.94. The predicted molar refractivity (Wildman–Crippen MR) is 138 cm³/mol. The summed E-state index contributed by atoms with van der Waals surface area (Å²) in [6.45, 7) is 6.21. The van der Waals surface area contributed by atoms with Gasteiger partial charge in [0, 0.05) is 16.3 Å². The van der Waals surface area contributed by atoms with E-state index >= 15 is 0 Å². The Morgan fingerprint density at radius 2 is 1.78 bits per heavy atom. The highest BCUT2D eigenvalue weighted by Crippen LogP contribution is 2.32. The van der Waals surface area contributed by atoms with Crippen LogP contribution in [0.5, 0.6) is 11.5 Å². The van der Waals surface area contributed by atoms with Gasteiger partial charge in [0.25, 0.3) is 11.5 Å². The zero-order chi connectivity index (χ0) is 26.5. The van der Waals surface area contributed by atoms with Crippen LogP contribution in [-0.2, 0) is 4.74 Å². The Bertz CT molecular complexity index is 1530. The quantitative estimate of drug-likeness (QED) is 0.312. The SMILES string of the molecule is CCOC(=O)c1nn(-c2cccc(F)c2)c(=O)c2c(NC(=O)c3ccc(OCC)c(OCC)c3)scc12. The Morgan fingerprint density at radius 1 is 1.03 bits per heavy atom. The largest absolute Gasteiger partial charge is 0.490 e.